The second-order valence-electron chi connectivity index (χ2n) is 5.10. The van der Waals surface area contributed by atoms with Gasteiger partial charge in [-0.05, 0) is 25.3 Å². The number of sulfone groups is 1. The lowest BCUT2D eigenvalue weighted by molar-refractivity contribution is 0.404. The summed E-state index contributed by atoms with van der Waals surface area (Å²) < 4.78 is 37.0. The van der Waals surface area contributed by atoms with E-state index in [1.165, 1.54) is 6.07 Å². The Kier molecular flexibility index (Phi) is 4.58. The molecule has 1 N–H and O–H groups in total. The molecule has 1 aliphatic heterocycles. The molecule has 1 saturated heterocycles. The van der Waals surface area contributed by atoms with Crippen molar-refractivity contribution in [1.82, 2.24) is 5.32 Å². The largest absolute Gasteiger partial charge is 0.306 e. The summed E-state index contributed by atoms with van der Waals surface area (Å²) in [5.74, 6) is 0.208. The summed E-state index contributed by atoms with van der Waals surface area (Å²) in [7, 11) is -2.93. The van der Waals surface area contributed by atoms with Crippen LogP contribution in [0.15, 0.2) is 24.3 Å². The first-order valence-corrected chi connectivity index (χ1v) is 8.55. The van der Waals surface area contributed by atoms with Crippen molar-refractivity contribution < 1.29 is 12.8 Å². The molecule has 19 heavy (non-hydrogen) atoms. The van der Waals surface area contributed by atoms with Crippen molar-refractivity contribution in [1.29, 1.82) is 0 Å². The summed E-state index contributed by atoms with van der Waals surface area (Å²) in [5, 5.41) is 3.30. The zero-order valence-corrected chi connectivity index (χ0v) is 11.9. The van der Waals surface area contributed by atoms with Gasteiger partial charge in [-0.3, -0.25) is 0 Å². The van der Waals surface area contributed by atoms with Gasteiger partial charge in [0.1, 0.15) is 5.82 Å². The molecule has 0 amide bonds. The molecule has 3 nitrogen and oxygen atoms in total. The molecule has 0 radical (unpaired) electrons. The highest BCUT2D eigenvalue weighted by molar-refractivity contribution is 7.91. The number of hydrogen-bond donors (Lipinski definition) is 1. The Hall–Kier alpha value is -0.940. The van der Waals surface area contributed by atoms with Crippen molar-refractivity contribution >= 4 is 9.84 Å². The third-order valence-corrected chi connectivity index (χ3v) is 5.41. The minimum atomic E-state index is -2.93. The SMILES string of the molecule is CCC(NC1CCCS(=O)(=O)C1)c1ccccc1F. The molecular weight excluding hydrogens is 265 g/mol. The summed E-state index contributed by atoms with van der Waals surface area (Å²) in [6.07, 6.45) is 2.26. The van der Waals surface area contributed by atoms with Crippen LogP contribution in [0.1, 0.15) is 37.8 Å². The lowest BCUT2D eigenvalue weighted by atomic mass is 10.0. The van der Waals surface area contributed by atoms with Crippen molar-refractivity contribution in [2.24, 2.45) is 0 Å². The Labute approximate surface area is 114 Å². The molecule has 1 fully saturated rings. The highest BCUT2D eigenvalue weighted by Crippen LogP contribution is 2.22. The van der Waals surface area contributed by atoms with Gasteiger partial charge in [-0.15, -0.1) is 0 Å². The van der Waals surface area contributed by atoms with Crippen LogP contribution in [0.25, 0.3) is 0 Å². The third-order valence-electron chi connectivity index (χ3n) is 3.59. The summed E-state index contributed by atoms with van der Waals surface area (Å²) in [6.45, 7) is 1.97. The lowest BCUT2D eigenvalue weighted by Crippen LogP contribution is -2.42. The molecule has 0 aromatic heterocycles. The Morgan fingerprint density at radius 1 is 1.42 bits per heavy atom. The average Bonchev–Trinajstić information content (AvgIpc) is 2.36. The summed E-state index contributed by atoms with van der Waals surface area (Å²) >= 11 is 0. The minimum absolute atomic E-state index is 0.0664. The number of nitrogens with one attached hydrogen (secondary N) is 1. The maximum atomic E-state index is 13.8. The zero-order chi connectivity index (χ0) is 13.9. The highest BCUT2D eigenvalue weighted by Gasteiger charge is 2.27. The molecule has 0 aliphatic carbocycles. The maximum absolute atomic E-state index is 13.8. The van der Waals surface area contributed by atoms with Crippen LogP contribution in [0.2, 0.25) is 0 Å². The molecule has 0 saturated carbocycles. The Morgan fingerprint density at radius 2 is 2.16 bits per heavy atom. The van der Waals surface area contributed by atoms with E-state index >= 15 is 0 Å². The molecule has 1 aromatic carbocycles. The van der Waals surface area contributed by atoms with E-state index in [2.05, 4.69) is 5.32 Å². The molecule has 0 bridgehead atoms. The molecule has 1 aromatic rings. The second-order valence-corrected chi connectivity index (χ2v) is 7.33. The molecule has 5 heteroatoms. The molecular formula is C14H20FNO2S. The van der Waals surface area contributed by atoms with Crippen LogP contribution in [0, 0.1) is 5.82 Å². The fourth-order valence-electron chi connectivity index (χ4n) is 2.62. The summed E-state index contributed by atoms with van der Waals surface area (Å²) in [4.78, 5) is 0. The fourth-order valence-corrected chi connectivity index (χ4v) is 4.27. The van der Waals surface area contributed by atoms with Crippen LogP contribution in [0.3, 0.4) is 0 Å². The van der Waals surface area contributed by atoms with Crippen LogP contribution in [-0.2, 0) is 9.84 Å². The summed E-state index contributed by atoms with van der Waals surface area (Å²) in [5.41, 5.74) is 0.618. The van der Waals surface area contributed by atoms with Gasteiger partial charge in [-0.25, -0.2) is 12.8 Å². The third kappa shape index (κ3) is 3.76. The van der Waals surface area contributed by atoms with Crippen LogP contribution >= 0.6 is 0 Å². The molecule has 2 unspecified atom stereocenters. The van der Waals surface area contributed by atoms with E-state index in [-0.39, 0.29) is 29.4 Å². The topological polar surface area (TPSA) is 46.2 Å². The Bertz CT molecular complexity index is 530. The van der Waals surface area contributed by atoms with Crippen molar-refractivity contribution in [3.63, 3.8) is 0 Å². The van der Waals surface area contributed by atoms with E-state index in [1.807, 2.05) is 6.92 Å². The number of hydrogen-bond acceptors (Lipinski definition) is 3. The van der Waals surface area contributed by atoms with Gasteiger partial charge in [-0.2, -0.15) is 0 Å². The lowest BCUT2D eigenvalue weighted by Gasteiger charge is -2.28. The van der Waals surface area contributed by atoms with E-state index in [0.29, 0.717) is 12.0 Å². The predicted molar refractivity (Wildman–Crippen MR) is 74.2 cm³/mol. The first-order valence-electron chi connectivity index (χ1n) is 6.72. The molecule has 1 heterocycles. The van der Waals surface area contributed by atoms with Gasteiger partial charge in [-0.1, -0.05) is 25.1 Å². The first-order chi connectivity index (χ1) is 9.02. The normalized spacial score (nSPS) is 24.0. The smallest absolute Gasteiger partial charge is 0.151 e. The quantitative estimate of drug-likeness (QED) is 0.924. The molecule has 2 rings (SSSR count). The van der Waals surface area contributed by atoms with Gasteiger partial charge < -0.3 is 5.32 Å². The van der Waals surface area contributed by atoms with Crippen molar-refractivity contribution in [3.05, 3.63) is 35.6 Å². The Morgan fingerprint density at radius 3 is 2.79 bits per heavy atom. The van der Waals surface area contributed by atoms with E-state index in [9.17, 15) is 12.8 Å². The van der Waals surface area contributed by atoms with E-state index in [0.717, 1.165) is 12.8 Å². The zero-order valence-electron chi connectivity index (χ0n) is 11.1. The number of halogens is 1. The number of benzene rings is 1. The molecule has 2 atom stereocenters. The van der Waals surface area contributed by atoms with E-state index in [4.69, 9.17) is 0 Å². The maximum Gasteiger partial charge on any atom is 0.151 e. The minimum Gasteiger partial charge on any atom is -0.306 e. The average molecular weight is 285 g/mol. The van der Waals surface area contributed by atoms with Crippen LogP contribution in [0.5, 0.6) is 0 Å². The number of rotatable bonds is 4. The van der Waals surface area contributed by atoms with Crippen LogP contribution in [-0.4, -0.2) is 26.0 Å². The van der Waals surface area contributed by atoms with Crippen LogP contribution in [0.4, 0.5) is 4.39 Å². The van der Waals surface area contributed by atoms with Crippen molar-refractivity contribution in [2.45, 2.75) is 38.3 Å². The Balaban J connectivity index is 2.10. The first kappa shape index (κ1) is 14.5. The summed E-state index contributed by atoms with van der Waals surface area (Å²) in [6, 6.07) is 6.48. The molecule has 0 spiro atoms. The van der Waals surface area contributed by atoms with E-state index in [1.54, 1.807) is 18.2 Å². The predicted octanol–water partition coefficient (Wildman–Crippen LogP) is 2.44. The second kappa shape index (κ2) is 6.01. The molecule has 106 valence electrons. The van der Waals surface area contributed by atoms with Gasteiger partial charge >= 0.3 is 0 Å². The molecule has 1 aliphatic rings. The van der Waals surface area contributed by atoms with Gasteiger partial charge in [0.25, 0.3) is 0 Å². The fraction of sp³-hybridized carbons (Fsp3) is 0.571. The van der Waals surface area contributed by atoms with Gasteiger partial charge in [0.05, 0.1) is 11.5 Å². The van der Waals surface area contributed by atoms with Gasteiger partial charge in [0.2, 0.25) is 0 Å². The highest BCUT2D eigenvalue weighted by atomic mass is 32.2. The van der Waals surface area contributed by atoms with Crippen molar-refractivity contribution in [2.75, 3.05) is 11.5 Å². The van der Waals surface area contributed by atoms with Gasteiger partial charge in [0, 0.05) is 17.6 Å². The van der Waals surface area contributed by atoms with Gasteiger partial charge in [0.15, 0.2) is 9.84 Å². The monoisotopic (exact) mass is 285 g/mol. The van der Waals surface area contributed by atoms with E-state index < -0.39 is 9.84 Å². The van der Waals surface area contributed by atoms with Crippen molar-refractivity contribution in [3.8, 4) is 0 Å². The standard InChI is InChI=1S/C14H20FNO2S/c1-2-14(12-7-3-4-8-13(12)15)16-11-6-5-9-19(17,18)10-11/h3-4,7-8,11,14,16H,2,5-6,9-10H2,1H3. The van der Waals surface area contributed by atoms with Crippen LogP contribution < -0.4 is 5.32 Å².